The van der Waals surface area contributed by atoms with Crippen molar-refractivity contribution < 1.29 is 9.59 Å². The van der Waals surface area contributed by atoms with Crippen molar-refractivity contribution in [2.45, 2.75) is 26.8 Å². The molecule has 258 valence electrons. The van der Waals surface area contributed by atoms with Gasteiger partial charge < -0.3 is 20.9 Å². The number of aromatic amines is 1. The first-order chi connectivity index (χ1) is 24.8. The molecule has 1 fully saturated rings. The predicted molar refractivity (Wildman–Crippen MR) is 197 cm³/mol. The molecule has 0 aliphatic carbocycles. The van der Waals surface area contributed by atoms with Gasteiger partial charge in [0.05, 0.1) is 29.0 Å². The Kier molecular flexibility index (Phi) is 9.67. The number of benzene rings is 2. The molecule has 0 radical (unpaired) electrons. The molecule has 51 heavy (non-hydrogen) atoms. The molecule has 5 aromatic rings. The largest absolute Gasteiger partial charge is 0.324 e. The number of aryl methyl sites for hydroxylation is 2. The molecule has 4 N–H and O–H groups in total. The number of likely N-dealkylation sites (N-methyl/N-ethyl adjacent to an activating group) is 1. The Hall–Kier alpha value is -6.12. The molecule has 7 rings (SSSR count). The number of hydrogen-bond acceptors (Lipinski definition) is 11. The highest BCUT2D eigenvalue weighted by atomic mass is 16.2. The molecule has 2 aromatic carbocycles. The minimum atomic E-state index is -0.335. The summed E-state index contributed by atoms with van der Waals surface area (Å²) in [5.41, 5.74) is 8.56. The number of carbonyl (C=O) groups is 2. The number of pyridine rings is 1. The molecule has 0 bridgehead atoms. The van der Waals surface area contributed by atoms with Crippen LogP contribution in [0, 0.1) is 13.8 Å². The van der Waals surface area contributed by atoms with Gasteiger partial charge in [-0.1, -0.05) is 18.2 Å². The van der Waals surface area contributed by atoms with Crippen LogP contribution in [0.1, 0.15) is 39.2 Å². The van der Waals surface area contributed by atoms with E-state index in [2.05, 4.69) is 63.2 Å². The lowest BCUT2D eigenvalue weighted by atomic mass is 10.0. The van der Waals surface area contributed by atoms with Crippen molar-refractivity contribution in [1.82, 2.24) is 34.9 Å². The Bertz CT molecular complexity index is 2130. The van der Waals surface area contributed by atoms with Crippen LogP contribution in [0.5, 0.6) is 0 Å². The number of hydrogen-bond donors (Lipinski definition) is 4. The molecule has 5 heterocycles. The van der Waals surface area contributed by atoms with Crippen LogP contribution >= 0.6 is 0 Å². The number of H-pyrrole nitrogens is 1. The van der Waals surface area contributed by atoms with E-state index in [1.165, 1.54) is 5.56 Å². The number of carbonyl (C=O) groups excluding carboxylic acids is 2. The van der Waals surface area contributed by atoms with Crippen LogP contribution in [-0.4, -0.2) is 91.4 Å². The number of aromatic nitrogens is 5. The summed E-state index contributed by atoms with van der Waals surface area (Å²) in [6, 6.07) is 17.2. The van der Waals surface area contributed by atoms with Crippen LogP contribution in [0.15, 0.2) is 89.6 Å². The fraction of sp³-hybridized carbons (Fsp3) is 0.243. The van der Waals surface area contributed by atoms with E-state index in [-0.39, 0.29) is 18.2 Å². The van der Waals surface area contributed by atoms with Crippen LogP contribution in [0.3, 0.4) is 0 Å². The molecule has 14 heteroatoms. The van der Waals surface area contributed by atoms with Gasteiger partial charge in [0.2, 0.25) is 5.95 Å². The van der Waals surface area contributed by atoms with Gasteiger partial charge in [0.15, 0.2) is 0 Å². The highest BCUT2D eigenvalue weighted by Crippen LogP contribution is 2.26. The third-order valence-corrected chi connectivity index (χ3v) is 8.95. The molecule has 14 nitrogen and oxygen atoms in total. The van der Waals surface area contributed by atoms with E-state index in [0.29, 0.717) is 40.0 Å². The van der Waals surface area contributed by atoms with E-state index < -0.39 is 0 Å². The molecule has 2 amide bonds. The maximum atomic E-state index is 13.1. The van der Waals surface area contributed by atoms with Crippen LogP contribution < -0.4 is 16.0 Å². The summed E-state index contributed by atoms with van der Waals surface area (Å²) in [6.45, 7) is 8.91. The van der Waals surface area contributed by atoms with Crippen LogP contribution in [-0.2, 0) is 11.3 Å². The molecule has 3 aromatic heterocycles. The number of nitrogens with one attached hydrogen (secondary N) is 4. The average Bonchev–Trinajstić information content (AvgIpc) is 3.81. The topological polar surface area (TPSA) is 169 Å². The molecular formula is C37H38N12O2. The van der Waals surface area contributed by atoms with E-state index in [1.54, 1.807) is 30.9 Å². The van der Waals surface area contributed by atoms with Gasteiger partial charge >= 0.3 is 0 Å². The van der Waals surface area contributed by atoms with E-state index >= 15 is 0 Å². The second-order valence-electron chi connectivity index (χ2n) is 12.7. The van der Waals surface area contributed by atoms with Gasteiger partial charge in [0, 0.05) is 85.8 Å². The fourth-order valence-corrected chi connectivity index (χ4v) is 5.81. The Balaban J connectivity index is 0.981. The van der Waals surface area contributed by atoms with Crippen molar-refractivity contribution in [3.05, 3.63) is 107 Å². The van der Waals surface area contributed by atoms with Crippen LogP contribution in [0.4, 0.5) is 23.0 Å². The SMILES string of the molecule is Cc1ccc(NC(=O)c2ccc(CN3CCN(C)CC3)cc2)cc1Nc1nccc(-c2cncc(C3=NN=C(C(=O)Nc4cn[nH]c4C)C3)c2)n1. The van der Waals surface area contributed by atoms with Gasteiger partial charge in [-0.3, -0.25) is 24.6 Å². The predicted octanol–water partition coefficient (Wildman–Crippen LogP) is 4.81. The molecule has 1 saturated heterocycles. The number of amides is 2. The minimum absolute atomic E-state index is 0.181. The smallest absolute Gasteiger partial charge is 0.272 e. The van der Waals surface area contributed by atoms with Gasteiger partial charge in [-0.05, 0) is 68.4 Å². The average molecular weight is 683 g/mol. The van der Waals surface area contributed by atoms with E-state index in [0.717, 1.165) is 60.8 Å². The highest BCUT2D eigenvalue weighted by molar-refractivity contribution is 6.47. The molecule has 0 spiro atoms. The third-order valence-electron chi connectivity index (χ3n) is 8.95. The lowest BCUT2D eigenvalue weighted by Gasteiger charge is -2.32. The summed E-state index contributed by atoms with van der Waals surface area (Å²) in [6.07, 6.45) is 6.88. The van der Waals surface area contributed by atoms with Crippen LogP contribution in [0.2, 0.25) is 0 Å². The zero-order valence-corrected chi connectivity index (χ0v) is 28.6. The van der Waals surface area contributed by atoms with Gasteiger partial charge in [-0.2, -0.15) is 10.2 Å². The van der Waals surface area contributed by atoms with Crippen molar-refractivity contribution >= 4 is 46.2 Å². The monoisotopic (exact) mass is 682 g/mol. The number of rotatable bonds is 10. The van der Waals surface area contributed by atoms with Gasteiger partial charge in [0.1, 0.15) is 5.71 Å². The number of anilines is 4. The summed E-state index contributed by atoms with van der Waals surface area (Å²) in [5, 5.41) is 24.2. The van der Waals surface area contributed by atoms with E-state index in [9.17, 15) is 9.59 Å². The summed E-state index contributed by atoms with van der Waals surface area (Å²) < 4.78 is 0. The Morgan fingerprint density at radius 2 is 1.65 bits per heavy atom. The fourth-order valence-electron chi connectivity index (χ4n) is 5.81. The third kappa shape index (κ3) is 8.03. The second kappa shape index (κ2) is 14.8. The van der Waals surface area contributed by atoms with Crippen molar-refractivity contribution in [3.63, 3.8) is 0 Å². The second-order valence-corrected chi connectivity index (χ2v) is 12.7. The Morgan fingerprint density at radius 1 is 0.843 bits per heavy atom. The zero-order chi connectivity index (χ0) is 35.3. The summed E-state index contributed by atoms with van der Waals surface area (Å²) in [4.78, 5) is 44.2. The minimum Gasteiger partial charge on any atom is -0.324 e. The van der Waals surface area contributed by atoms with Gasteiger partial charge in [0.25, 0.3) is 11.8 Å². The Morgan fingerprint density at radius 3 is 2.43 bits per heavy atom. The van der Waals surface area contributed by atoms with E-state index in [1.807, 2.05) is 62.4 Å². The van der Waals surface area contributed by atoms with Crippen molar-refractivity contribution in [1.29, 1.82) is 0 Å². The first-order valence-electron chi connectivity index (χ1n) is 16.7. The van der Waals surface area contributed by atoms with Gasteiger partial charge in [-0.15, -0.1) is 5.10 Å². The molecular weight excluding hydrogens is 644 g/mol. The molecule has 2 aliphatic rings. The Labute approximate surface area is 295 Å². The maximum absolute atomic E-state index is 13.1. The normalized spacial score (nSPS) is 14.9. The number of piperazine rings is 1. The van der Waals surface area contributed by atoms with Crippen molar-refractivity contribution in [2.75, 3.05) is 49.2 Å². The molecule has 2 aliphatic heterocycles. The maximum Gasteiger partial charge on any atom is 0.272 e. The zero-order valence-electron chi connectivity index (χ0n) is 28.6. The summed E-state index contributed by atoms with van der Waals surface area (Å²) in [5.74, 6) is -0.131. The van der Waals surface area contributed by atoms with Crippen molar-refractivity contribution in [3.8, 4) is 11.3 Å². The summed E-state index contributed by atoms with van der Waals surface area (Å²) >= 11 is 0. The highest BCUT2D eigenvalue weighted by Gasteiger charge is 2.22. The van der Waals surface area contributed by atoms with Crippen LogP contribution in [0.25, 0.3) is 11.3 Å². The standard InChI is InChI=1S/C37H38N12O2/c1-23-4-9-29(41-35(50)26-7-5-25(6-8-26)22-49-14-12-48(3)13-15-49)17-31(23)44-37-39-11-10-30(43-37)27-16-28(20-38-19-27)32-18-33(47-46-32)36(51)42-34-21-40-45-24(34)2/h4-11,16-17,19-21H,12-15,18,22H2,1-3H3,(H,40,45)(H,41,50)(H,42,51)(H,39,43,44). The molecule has 0 saturated carbocycles. The van der Waals surface area contributed by atoms with Crippen molar-refractivity contribution in [2.24, 2.45) is 10.2 Å². The molecule has 0 unspecified atom stereocenters. The molecule has 0 atom stereocenters. The quantitative estimate of drug-likeness (QED) is 0.162. The first-order valence-corrected chi connectivity index (χ1v) is 16.7. The van der Waals surface area contributed by atoms with Gasteiger partial charge in [-0.25, -0.2) is 9.97 Å². The first kappa shape index (κ1) is 33.4. The summed E-state index contributed by atoms with van der Waals surface area (Å²) in [7, 11) is 2.15. The lowest BCUT2D eigenvalue weighted by Crippen LogP contribution is -2.43. The van der Waals surface area contributed by atoms with E-state index in [4.69, 9.17) is 4.98 Å². The lowest BCUT2D eigenvalue weighted by molar-refractivity contribution is -0.110. The number of nitrogens with zero attached hydrogens (tertiary/aromatic N) is 8.